The highest BCUT2D eigenvalue weighted by Gasteiger charge is 2.32. The summed E-state index contributed by atoms with van der Waals surface area (Å²) in [7, 11) is 0. The van der Waals surface area contributed by atoms with E-state index in [1.54, 1.807) is 5.56 Å². The Hall–Kier alpha value is -1.64. The first-order valence-corrected chi connectivity index (χ1v) is 10.4. The topological polar surface area (TPSA) is 6.48 Å². The Morgan fingerprint density at radius 1 is 0.769 bits per heavy atom. The van der Waals surface area contributed by atoms with Crippen LogP contribution in [-0.2, 0) is 19.6 Å². The average molecular weight is 347 g/mol. The molecule has 1 aliphatic carbocycles. The summed E-state index contributed by atoms with van der Waals surface area (Å²) >= 11 is 0. The van der Waals surface area contributed by atoms with E-state index in [2.05, 4.69) is 58.3 Å². The van der Waals surface area contributed by atoms with Gasteiger partial charge in [0.2, 0.25) is 0 Å². The van der Waals surface area contributed by atoms with Crippen molar-refractivity contribution < 1.29 is 0 Å². The van der Waals surface area contributed by atoms with Crippen LogP contribution in [0.4, 0.5) is 0 Å². The van der Waals surface area contributed by atoms with E-state index >= 15 is 0 Å². The Kier molecular flexibility index (Phi) is 4.56. The van der Waals surface area contributed by atoms with Gasteiger partial charge in [0.05, 0.1) is 0 Å². The first kappa shape index (κ1) is 16.5. The number of benzene rings is 2. The number of nitrogens with zero attached hydrogens (tertiary/aromatic N) is 2. The predicted octanol–water partition coefficient (Wildman–Crippen LogP) is 4.79. The minimum absolute atomic E-state index is 0.797. The van der Waals surface area contributed by atoms with Gasteiger partial charge in [-0.05, 0) is 72.9 Å². The van der Waals surface area contributed by atoms with Crippen molar-refractivity contribution in [3.05, 3.63) is 70.8 Å². The lowest BCUT2D eigenvalue weighted by Gasteiger charge is -2.38. The SMILES string of the molecule is c1ccc2c(c1)CN(C[C@H]1C[C@H](c3ccc(CN4CCCC4)cc3)C1)C2. The van der Waals surface area contributed by atoms with E-state index in [0.29, 0.717) is 0 Å². The van der Waals surface area contributed by atoms with Crippen LogP contribution >= 0.6 is 0 Å². The molecule has 0 radical (unpaired) electrons. The molecular weight excluding hydrogens is 316 g/mol. The lowest BCUT2D eigenvalue weighted by molar-refractivity contribution is 0.159. The molecule has 0 spiro atoms. The minimum Gasteiger partial charge on any atom is -0.299 e. The van der Waals surface area contributed by atoms with Crippen molar-refractivity contribution in [3.63, 3.8) is 0 Å². The predicted molar refractivity (Wildman–Crippen MR) is 107 cm³/mol. The number of rotatable bonds is 5. The van der Waals surface area contributed by atoms with Crippen molar-refractivity contribution in [2.24, 2.45) is 5.92 Å². The van der Waals surface area contributed by atoms with E-state index in [4.69, 9.17) is 0 Å². The molecule has 1 saturated heterocycles. The van der Waals surface area contributed by atoms with Gasteiger partial charge in [-0.2, -0.15) is 0 Å². The van der Waals surface area contributed by atoms with Gasteiger partial charge in [0, 0.05) is 26.2 Å². The summed E-state index contributed by atoms with van der Waals surface area (Å²) in [5.74, 6) is 1.68. The Bertz CT molecular complexity index is 714. The van der Waals surface area contributed by atoms with E-state index in [-0.39, 0.29) is 0 Å². The molecule has 1 saturated carbocycles. The average Bonchev–Trinajstić information content (AvgIpc) is 3.27. The molecule has 0 unspecified atom stereocenters. The van der Waals surface area contributed by atoms with Crippen molar-refractivity contribution in [2.45, 2.75) is 51.2 Å². The molecule has 2 aromatic rings. The van der Waals surface area contributed by atoms with Gasteiger partial charge in [-0.3, -0.25) is 9.80 Å². The molecule has 5 rings (SSSR count). The van der Waals surface area contributed by atoms with E-state index in [0.717, 1.165) is 31.5 Å². The third-order valence-electron chi connectivity index (χ3n) is 6.71. The summed E-state index contributed by atoms with van der Waals surface area (Å²) in [6.07, 6.45) is 5.50. The van der Waals surface area contributed by atoms with Crippen LogP contribution in [0.25, 0.3) is 0 Å². The van der Waals surface area contributed by atoms with Gasteiger partial charge < -0.3 is 0 Å². The normalized spacial score (nSPS) is 26.0. The third kappa shape index (κ3) is 3.45. The molecule has 2 aromatic carbocycles. The van der Waals surface area contributed by atoms with Gasteiger partial charge in [0.1, 0.15) is 0 Å². The second-order valence-corrected chi connectivity index (χ2v) is 8.70. The summed E-state index contributed by atoms with van der Waals surface area (Å²) in [6, 6.07) is 18.5. The second kappa shape index (κ2) is 7.17. The molecule has 3 aliphatic rings. The smallest absolute Gasteiger partial charge is 0.0240 e. The molecular formula is C24H30N2. The van der Waals surface area contributed by atoms with E-state index in [9.17, 15) is 0 Å². The first-order chi connectivity index (χ1) is 12.8. The van der Waals surface area contributed by atoms with E-state index < -0.39 is 0 Å². The van der Waals surface area contributed by atoms with Crippen molar-refractivity contribution >= 4 is 0 Å². The van der Waals surface area contributed by atoms with Gasteiger partial charge in [0.15, 0.2) is 0 Å². The first-order valence-electron chi connectivity index (χ1n) is 10.4. The molecule has 2 aliphatic heterocycles. The molecule has 0 N–H and O–H groups in total. The largest absolute Gasteiger partial charge is 0.299 e. The molecule has 2 fully saturated rings. The molecule has 26 heavy (non-hydrogen) atoms. The Morgan fingerprint density at radius 3 is 2.08 bits per heavy atom. The van der Waals surface area contributed by atoms with Gasteiger partial charge in [-0.1, -0.05) is 48.5 Å². The maximum atomic E-state index is 2.64. The van der Waals surface area contributed by atoms with E-state index in [1.165, 1.54) is 62.0 Å². The van der Waals surface area contributed by atoms with Crippen LogP contribution in [0.2, 0.25) is 0 Å². The van der Waals surface area contributed by atoms with Crippen molar-refractivity contribution in [2.75, 3.05) is 19.6 Å². The molecule has 0 atom stereocenters. The third-order valence-corrected chi connectivity index (χ3v) is 6.71. The van der Waals surface area contributed by atoms with Crippen LogP contribution in [0, 0.1) is 5.92 Å². The van der Waals surface area contributed by atoms with E-state index in [1.807, 2.05) is 0 Å². The molecule has 2 heterocycles. The van der Waals surface area contributed by atoms with Gasteiger partial charge in [0.25, 0.3) is 0 Å². The zero-order valence-corrected chi connectivity index (χ0v) is 15.7. The van der Waals surface area contributed by atoms with Crippen LogP contribution in [0.3, 0.4) is 0 Å². The highest BCUT2D eigenvalue weighted by molar-refractivity contribution is 5.30. The fourth-order valence-electron chi connectivity index (χ4n) is 5.15. The van der Waals surface area contributed by atoms with Crippen molar-refractivity contribution in [1.29, 1.82) is 0 Å². The van der Waals surface area contributed by atoms with Crippen LogP contribution in [0.1, 0.15) is 53.9 Å². The molecule has 136 valence electrons. The molecule has 0 bridgehead atoms. The Balaban J connectivity index is 1.10. The molecule has 2 nitrogen and oxygen atoms in total. The summed E-state index contributed by atoms with van der Waals surface area (Å²) in [4.78, 5) is 5.23. The van der Waals surface area contributed by atoms with Gasteiger partial charge in [-0.25, -0.2) is 0 Å². The number of likely N-dealkylation sites (tertiary alicyclic amines) is 1. The monoisotopic (exact) mass is 346 g/mol. The van der Waals surface area contributed by atoms with Gasteiger partial charge >= 0.3 is 0 Å². The second-order valence-electron chi connectivity index (χ2n) is 8.70. The fourth-order valence-corrected chi connectivity index (χ4v) is 5.15. The summed E-state index contributed by atoms with van der Waals surface area (Å²) in [5.41, 5.74) is 6.13. The summed E-state index contributed by atoms with van der Waals surface area (Å²) < 4.78 is 0. The highest BCUT2D eigenvalue weighted by Crippen LogP contribution is 2.42. The molecule has 2 heteroatoms. The number of fused-ring (bicyclic) bond motifs is 1. The standard InChI is InChI=1S/C24H30N2/c1-2-6-23-18-26(17-22(23)5-1)16-20-13-24(14-20)21-9-7-19(8-10-21)15-25-11-3-4-12-25/h1-2,5-10,20,24H,3-4,11-18H2/t20-,24-. The highest BCUT2D eigenvalue weighted by atomic mass is 15.1. The van der Waals surface area contributed by atoms with Crippen LogP contribution in [0.15, 0.2) is 48.5 Å². The number of hydrogen-bond acceptors (Lipinski definition) is 2. The molecule has 0 amide bonds. The van der Waals surface area contributed by atoms with Gasteiger partial charge in [-0.15, -0.1) is 0 Å². The maximum Gasteiger partial charge on any atom is 0.0240 e. The zero-order valence-electron chi connectivity index (χ0n) is 15.7. The Morgan fingerprint density at radius 2 is 1.42 bits per heavy atom. The Labute approximate surface area is 157 Å². The zero-order chi connectivity index (χ0) is 17.3. The minimum atomic E-state index is 0.797. The fraction of sp³-hybridized carbons (Fsp3) is 0.500. The maximum absolute atomic E-state index is 2.64. The van der Waals surface area contributed by atoms with Crippen LogP contribution < -0.4 is 0 Å². The quantitative estimate of drug-likeness (QED) is 0.768. The van der Waals surface area contributed by atoms with Crippen LogP contribution in [-0.4, -0.2) is 29.4 Å². The lowest BCUT2D eigenvalue weighted by atomic mass is 9.71. The summed E-state index contributed by atoms with van der Waals surface area (Å²) in [6.45, 7) is 7.30. The van der Waals surface area contributed by atoms with Crippen LogP contribution in [0.5, 0.6) is 0 Å². The lowest BCUT2D eigenvalue weighted by Crippen LogP contribution is -2.32. The van der Waals surface area contributed by atoms with Crippen molar-refractivity contribution in [1.82, 2.24) is 9.80 Å². The summed E-state index contributed by atoms with van der Waals surface area (Å²) in [5, 5.41) is 0. The number of hydrogen-bond donors (Lipinski definition) is 0. The van der Waals surface area contributed by atoms with Crippen molar-refractivity contribution in [3.8, 4) is 0 Å². The molecule has 0 aromatic heterocycles.